The Morgan fingerprint density at radius 2 is 1.92 bits per heavy atom. The van der Waals surface area contributed by atoms with Crippen LogP contribution in [-0.4, -0.2) is 48.2 Å². The Labute approximate surface area is 203 Å². The second kappa shape index (κ2) is 10.4. The fraction of sp³-hybridized carbons (Fsp3) is 0.364. The average molecular weight is 509 g/mol. The van der Waals surface area contributed by atoms with Crippen LogP contribution in [0.4, 0.5) is 24.5 Å². The van der Waals surface area contributed by atoms with Gasteiger partial charge in [-0.05, 0) is 37.3 Å². The predicted octanol–water partition coefficient (Wildman–Crippen LogP) is 3.32. The van der Waals surface area contributed by atoms with Crippen LogP contribution in [0, 0.1) is 21.6 Å². The molecule has 1 aliphatic heterocycles. The number of nitro groups is 1. The van der Waals surface area contributed by atoms with E-state index in [1.54, 1.807) is 6.19 Å². The quantitative estimate of drug-likeness (QED) is 0.101. The van der Waals surface area contributed by atoms with Crippen molar-refractivity contribution in [3.63, 3.8) is 0 Å². The van der Waals surface area contributed by atoms with Crippen molar-refractivity contribution in [1.29, 1.82) is 5.26 Å². The minimum Gasteiger partial charge on any atom is -0.479 e. The number of non-ortho nitro benzene ring substituents is 1. The highest BCUT2D eigenvalue weighted by atomic mass is 19.4. The van der Waals surface area contributed by atoms with Gasteiger partial charge in [0.1, 0.15) is 17.9 Å². The Hall–Kier alpha value is -3.93. The highest BCUT2D eigenvalue weighted by Gasteiger charge is 2.52. The van der Waals surface area contributed by atoms with E-state index in [1.165, 1.54) is 39.3 Å². The van der Waals surface area contributed by atoms with E-state index >= 15 is 0 Å². The van der Waals surface area contributed by atoms with E-state index in [4.69, 9.17) is 14.2 Å². The minimum absolute atomic E-state index is 0.131. The number of methoxy groups -OCH3 is 2. The van der Waals surface area contributed by atoms with Crippen LogP contribution in [0.3, 0.4) is 0 Å². The van der Waals surface area contributed by atoms with Crippen LogP contribution in [0.2, 0.25) is 0 Å². The Kier molecular flexibility index (Phi) is 7.68. The molecule has 3 N–H and O–H groups in total. The van der Waals surface area contributed by atoms with Crippen molar-refractivity contribution in [1.82, 2.24) is 5.32 Å². The summed E-state index contributed by atoms with van der Waals surface area (Å²) in [6.07, 6.45) is -5.49. The molecule has 0 radical (unpaired) electrons. The average Bonchev–Trinajstić information content (AvgIpc) is 2.82. The molecule has 3 rings (SSSR count). The number of aliphatic hydroxyl groups excluding tert-OH is 1. The number of guanidine groups is 1. The van der Waals surface area contributed by atoms with Crippen LogP contribution in [-0.2, 0) is 15.7 Å². The third kappa shape index (κ3) is 5.33. The van der Waals surface area contributed by atoms with Gasteiger partial charge in [0.2, 0.25) is 5.96 Å². The fourth-order valence-electron chi connectivity index (χ4n) is 3.81. The molecular weight excluding hydrogens is 487 g/mol. The van der Waals surface area contributed by atoms with Crippen molar-refractivity contribution in [2.45, 2.75) is 37.1 Å². The maximum Gasteiger partial charge on any atom is 0.416 e. The number of benzene rings is 2. The highest BCUT2D eigenvalue weighted by Crippen LogP contribution is 2.45. The highest BCUT2D eigenvalue weighted by molar-refractivity contribution is 5.94. The second-order valence-corrected chi connectivity index (χ2v) is 7.87. The summed E-state index contributed by atoms with van der Waals surface area (Å²) < 4.78 is 55.1. The van der Waals surface area contributed by atoms with Gasteiger partial charge >= 0.3 is 6.18 Å². The van der Waals surface area contributed by atoms with Gasteiger partial charge in [-0.2, -0.15) is 18.4 Å². The first-order valence-corrected chi connectivity index (χ1v) is 10.3. The van der Waals surface area contributed by atoms with Crippen LogP contribution in [0.5, 0.6) is 5.75 Å². The molecule has 0 aromatic heterocycles. The molecular formula is C22H22F3N5O6. The van der Waals surface area contributed by atoms with Gasteiger partial charge in [-0.25, -0.2) is 4.99 Å². The number of nitro benzene ring substituents is 1. The number of aliphatic hydroxyl groups is 1. The number of halogens is 3. The van der Waals surface area contributed by atoms with Crippen molar-refractivity contribution < 1.29 is 37.4 Å². The minimum atomic E-state index is -4.53. The van der Waals surface area contributed by atoms with Gasteiger partial charge in [-0.1, -0.05) is 0 Å². The summed E-state index contributed by atoms with van der Waals surface area (Å²) >= 11 is 0. The lowest BCUT2D eigenvalue weighted by Gasteiger charge is -2.45. The Bertz CT molecular complexity index is 1180. The topological polar surface area (TPSA) is 151 Å². The molecule has 1 heterocycles. The van der Waals surface area contributed by atoms with Gasteiger partial charge in [0.05, 0.1) is 10.5 Å². The normalized spacial score (nSPS) is 21.8. The van der Waals surface area contributed by atoms with Gasteiger partial charge in [-0.3, -0.25) is 15.4 Å². The van der Waals surface area contributed by atoms with Gasteiger partial charge in [0, 0.05) is 37.6 Å². The van der Waals surface area contributed by atoms with Gasteiger partial charge < -0.3 is 24.6 Å². The number of aliphatic imine (C=N–C) groups is 1. The number of fused-ring (bicyclic) bond motifs is 1. The first kappa shape index (κ1) is 26.7. The van der Waals surface area contributed by atoms with E-state index in [0.29, 0.717) is 0 Å². The predicted molar refractivity (Wildman–Crippen MR) is 120 cm³/mol. The molecule has 0 saturated carbocycles. The van der Waals surface area contributed by atoms with Gasteiger partial charge in [-0.15, -0.1) is 0 Å². The fourth-order valence-corrected chi connectivity index (χ4v) is 3.81. The van der Waals surface area contributed by atoms with E-state index in [1.807, 2.05) is 0 Å². The molecule has 11 nitrogen and oxygen atoms in total. The first-order valence-electron chi connectivity index (χ1n) is 10.3. The van der Waals surface area contributed by atoms with E-state index in [9.17, 15) is 33.7 Å². The van der Waals surface area contributed by atoms with E-state index in [0.717, 1.165) is 24.3 Å². The van der Waals surface area contributed by atoms with Crippen LogP contribution in [0.25, 0.3) is 0 Å². The van der Waals surface area contributed by atoms with Crippen molar-refractivity contribution >= 4 is 17.3 Å². The molecule has 2 aromatic rings. The standard InChI is InChI=1S/C22H22F3N5O6/c1-21(19(34-2)35-3)18(31)17(15-10-14(30(32)33)8-9-16(15)36-21)29-20(27-11-26)28-13-6-4-12(5-7-13)22(23,24)25/h4-10,17-19,31H,1-3H3,(H2,27,28,29)/t17-,18+,21+/m0/s1. The maximum atomic E-state index is 12.9. The van der Waals surface area contributed by atoms with Crippen molar-refractivity contribution in [3.8, 4) is 11.9 Å². The number of hydrogen-bond donors (Lipinski definition) is 3. The number of alkyl halides is 3. The third-order valence-corrected chi connectivity index (χ3v) is 5.55. The summed E-state index contributed by atoms with van der Waals surface area (Å²) in [5, 5.41) is 36.8. The molecule has 3 atom stereocenters. The number of anilines is 1. The molecule has 0 aliphatic carbocycles. The number of hydrogen-bond acceptors (Lipinski definition) is 8. The van der Waals surface area contributed by atoms with Crippen LogP contribution >= 0.6 is 0 Å². The Morgan fingerprint density at radius 1 is 1.28 bits per heavy atom. The largest absolute Gasteiger partial charge is 0.479 e. The molecule has 0 spiro atoms. The third-order valence-electron chi connectivity index (χ3n) is 5.55. The Balaban J connectivity index is 2.08. The van der Waals surface area contributed by atoms with Crippen LogP contribution in [0.15, 0.2) is 47.5 Å². The molecule has 0 amide bonds. The lowest BCUT2D eigenvalue weighted by atomic mass is 9.84. The SMILES string of the molecule is COC(OC)[C@]1(C)Oc2ccc([N+](=O)[O-])cc2[C@H](N=C(NC#N)Nc2ccc(C(F)(F)F)cc2)[C@H]1O. The van der Waals surface area contributed by atoms with Gasteiger partial charge in [0.15, 0.2) is 18.1 Å². The molecule has 192 valence electrons. The summed E-state index contributed by atoms with van der Waals surface area (Å²) in [7, 11) is 2.65. The van der Waals surface area contributed by atoms with Crippen LogP contribution < -0.4 is 15.4 Å². The molecule has 1 aliphatic rings. The van der Waals surface area contributed by atoms with E-state index in [-0.39, 0.29) is 28.6 Å². The lowest BCUT2D eigenvalue weighted by molar-refractivity contribution is -0.385. The van der Waals surface area contributed by atoms with Crippen LogP contribution in [0.1, 0.15) is 24.1 Å². The van der Waals surface area contributed by atoms with Crippen molar-refractivity contribution in [3.05, 3.63) is 63.7 Å². The number of nitriles is 1. The maximum absolute atomic E-state index is 12.9. The molecule has 0 fully saturated rings. The number of ether oxygens (including phenoxy) is 3. The zero-order valence-electron chi connectivity index (χ0n) is 19.2. The number of nitrogens with one attached hydrogen (secondary N) is 2. The monoisotopic (exact) mass is 509 g/mol. The summed E-state index contributed by atoms with van der Waals surface area (Å²) in [5.41, 5.74) is -2.44. The molecule has 0 bridgehead atoms. The number of nitrogens with zero attached hydrogens (tertiary/aromatic N) is 3. The zero-order chi connectivity index (χ0) is 26.7. The molecule has 14 heteroatoms. The van der Waals surface area contributed by atoms with Gasteiger partial charge in [0.25, 0.3) is 5.69 Å². The molecule has 0 saturated heterocycles. The van der Waals surface area contributed by atoms with Crippen molar-refractivity contribution in [2.75, 3.05) is 19.5 Å². The molecule has 0 unspecified atom stereocenters. The zero-order valence-corrected chi connectivity index (χ0v) is 19.2. The van der Waals surface area contributed by atoms with E-state index < -0.39 is 40.7 Å². The molecule has 36 heavy (non-hydrogen) atoms. The summed E-state index contributed by atoms with van der Waals surface area (Å²) in [6.45, 7) is 1.49. The second-order valence-electron chi connectivity index (χ2n) is 7.87. The first-order chi connectivity index (χ1) is 16.9. The van der Waals surface area contributed by atoms with E-state index in [2.05, 4.69) is 15.6 Å². The number of rotatable bonds is 6. The molecule has 2 aromatic carbocycles. The smallest absolute Gasteiger partial charge is 0.416 e. The Morgan fingerprint density at radius 3 is 2.44 bits per heavy atom. The summed E-state index contributed by atoms with van der Waals surface area (Å²) in [6, 6.07) is 6.41. The van der Waals surface area contributed by atoms with Crippen molar-refractivity contribution in [2.24, 2.45) is 4.99 Å². The summed E-state index contributed by atoms with van der Waals surface area (Å²) in [5.74, 6) is -0.0958. The summed E-state index contributed by atoms with van der Waals surface area (Å²) in [4.78, 5) is 15.1. The lowest BCUT2D eigenvalue weighted by Crippen LogP contribution is -2.59.